The van der Waals surface area contributed by atoms with E-state index in [2.05, 4.69) is 10.3 Å². The number of pyridine rings is 1. The molecular formula is C11H16N2O2S. The summed E-state index contributed by atoms with van der Waals surface area (Å²) in [5.41, 5.74) is 0.544. The molecule has 0 saturated carbocycles. The zero-order chi connectivity index (χ0) is 12.0. The summed E-state index contributed by atoms with van der Waals surface area (Å²) in [7, 11) is 0. The van der Waals surface area contributed by atoms with Crippen molar-refractivity contribution in [1.29, 1.82) is 0 Å². The molecule has 16 heavy (non-hydrogen) atoms. The molecule has 0 radical (unpaired) electrons. The molecular weight excluding hydrogens is 224 g/mol. The van der Waals surface area contributed by atoms with Gasteiger partial charge < -0.3 is 10.4 Å². The fourth-order valence-corrected chi connectivity index (χ4v) is 1.43. The lowest BCUT2D eigenvalue weighted by molar-refractivity contribution is 0.0942. The molecule has 4 nitrogen and oxygen atoms in total. The summed E-state index contributed by atoms with van der Waals surface area (Å²) >= 11 is 1.54. The van der Waals surface area contributed by atoms with Gasteiger partial charge in [0.1, 0.15) is 0 Å². The van der Waals surface area contributed by atoms with Crippen molar-refractivity contribution in [2.75, 3.05) is 19.4 Å². The number of rotatable bonds is 5. The van der Waals surface area contributed by atoms with Crippen LogP contribution >= 0.6 is 11.8 Å². The zero-order valence-corrected chi connectivity index (χ0v) is 10.3. The summed E-state index contributed by atoms with van der Waals surface area (Å²) in [6.45, 7) is 2.42. The first-order valence-electron chi connectivity index (χ1n) is 5.06. The van der Waals surface area contributed by atoms with E-state index in [4.69, 9.17) is 5.11 Å². The Labute approximate surface area is 99.5 Å². The van der Waals surface area contributed by atoms with Crippen LogP contribution in [0, 0.1) is 5.92 Å². The molecule has 2 N–H and O–H groups in total. The lowest BCUT2D eigenvalue weighted by Crippen LogP contribution is -2.29. The molecule has 5 heteroatoms. The van der Waals surface area contributed by atoms with Gasteiger partial charge in [0.05, 0.1) is 10.6 Å². The number of thioether (sulfide) groups is 1. The van der Waals surface area contributed by atoms with Crippen LogP contribution in [0.25, 0.3) is 0 Å². The lowest BCUT2D eigenvalue weighted by atomic mass is 10.2. The SMILES string of the molecule is CSc1ccc(C(=O)NCC(C)CO)cn1. The summed E-state index contributed by atoms with van der Waals surface area (Å²) < 4.78 is 0. The Morgan fingerprint density at radius 1 is 1.62 bits per heavy atom. The van der Waals surface area contributed by atoms with Crippen LogP contribution in [-0.2, 0) is 0 Å². The molecule has 0 aliphatic heterocycles. The fraction of sp³-hybridized carbons (Fsp3) is 0.455. The molecule has 1 heterocycles. The number of aromatic nitrogens is 1. The fourth-order valence-electron chi connectivity index (χ4n) is 1.07. The summed E-state index contributed by atoms with van der Waals surface area (Å²) in [6, 6.07) is 3.56. The minimum absolute atomic E-state index is 0.0716. The van der Waals surface area contributed by atoms with Gasteiger partial charge in [-0.15, -0.1) is 11.8 Å². The van der Waals surface area contributed by atoms with Gasteiger partial charge in [-0.1, -0.05) is 6.92 Å². The standard InChI is InChI=1S/C11H16N2O2S/c1-8(7-14)5-13-11(15)9-3-4-10(16-2)12-6-9/h3-4,6,8,14H,5,7H2,1-2H3,(H,13,15). The minimum Gasteiger partial charge on any atom is -0.396 e. The van der Waals surface area contributed by atoms with Gasteiger partial charge in [0.2, 0.25) is 0 Å². The van der Waals surface area contributed by atoms with Gasteiger partial charge in [0.25, 0.3) is 5.91 Å². The van der Waals surface area contributed by atoms with E-state index in [9.17, 15) is 4.79 Å². The normalized spacial score (nSPS) is 12.2. The van der Waals surface area contributed by atoms with Crippen LogP contribution in [0.4, 0.5) is 0 Å². The monoisotopic (exact) mass is 240 g/mol. The highest BCUT2D eigenvalue weighted by Gasteiger charge is 2.07. The van der Waals surface area contributed by atoms with E-state index >= 15 is 0 Å². The lowest BCUT2D eigenvalue weighted by Gasteiger charge is -2.09. The van der Waals surface area contributed by atoms with E-state index in [1.807, 2.05) is 19.2 Å². The first kappa shape index (κ1) is 13.0. The summed E-state index contributed by atoms with van der Waals surface area (Å²) in [5, 5.41) is 12.5. The molecule has 1 amide bonds. The summed E-state index contributed by atoms with van der Waals surface area (Å²) in [4.78, 5) is 15.7. The number of amides is 1. The molecule has 0 aromatic carbocycles. The van der Waals surface area contributed by atoms with Crippen LogP contribution in [0.3, 0.4) is 0 Å². The maximum absolute atomic E-state index is 11.6. The van der Waals surface area contributed by atoms with Crippen molar-refractivity contribution in [2.24, 2.45) is 5.92 Å². The molecule has 1 aromatic heterocycles. The van der Waals surface area contributed by atoms with Gasteiger partial charge in [-0.2, -0.15) is 0 Å². The maximum Gasteiger partial charge on any atom is 0.252 e. The van der Waals surface area contributed by atoms with Crippen LogP contribution in [0.2, 0.25) is 0 Å². The number of hydrogen-bond donors (Lipinski definition) is 2. The summed E-state index contributed by atoms with van der Waals surface area (Å²) in [6.07, 6.45) is 3.50. The third-order valence-electron chi connectivity index (χ3n) is 2.13. The van der Waals surface area contributed by atoms with E-state index in [1.54, 1.807) is 12.3 Å². The van der Waals surface area contributed by atoms with E-state index in [0.717, 1.165) is 5.03 Å². The van der Waals surface area contributed by atoms with E-state index < -0.39 is 0 Å². The average Bonchev–Trinajstić information content (AvgIpc) is 2.35. The van der Waals surface area contributed by atoms with Crippen LogP contribution in [-0.4, -0.2) is 35.4 Å². The number of aliphatic hydroxyl groups excluding tert-OH is 1. The number of carbonyl (C=O) groups excluding carboxylic acids is 1. The Bertz CT molecular complexity index is 340. The van der Waals surface area contributed by atoms with Crippen molar-refractivity contribution in [1.82, 2.24) is 10.3 Å². The zero-order valence-electron chi connectivity index (χ0n) is 9.43. The Balaban J connectivity index is 2.52. The first-order valence-corrected chi connectivity index (χ1v) is 6.29. The van der Waals surface area contributed by atoms with Crippen LogP contribution in [0.1, 0.15) is 17.3 Å². The van der Waals surface area contributed by atoms with Crippen molar-refractivity contribution in [3.63, 3.8) is 0 Å². The highest BCUT2D eigenvalue weighted by atomic mass is 32.2. The predicted molar refractivity (Wildman–Crippen MR) is 64.6 cm³/mol. The Morgan fingerprint density at radius 2 is 2.38 bits per heavy atom. The molecule has 1 unspecified atom stereocenters. The Kier molecular flexibility index (Phi) is 5.28. The summed E-state index contributed by atoms with van der Waals surface area (Å²) in [5.74, 6) is -0.0807. The van der Waals surface area contributed by atoms with Crippen molar-refractivity contribution in [3.05, 3.63) is 23.9 Å². The molecule has 0 bridgehead atoms. The second kappa shape index (κ2) is 6.50. The quantitative estimate of drug-likeness (QED) is 0.758. The van der Waals surface area contributed by atoms with Gasteiger partial charge in [-0.05, 0) is 24.3 Å². The third-order valence-corrected chi connectivity index (χ3v) is 2.79. The van der Waals surface area contributed by atoms with Crippen molar-refractivity contribution < 1.29 is 9.90 Å². The Morgan fingerprint density at radius 3 is 2.88 bits per heavy atom. The van der Waals surface area contributed by atoms with Crippen molar-refractivity contribution in [2.45, 2.75) is 11.9 Å². The van der Waals surface area contributed by atoms with E-state index in [-0.39, 0.29) is 18.4 Å². The van der Waals surface area contributed by atoms with Crippen molar-refractivity contribution in [3.8, 4) is 0 Å². The second-order valence-corrected chi connectivity index (χ2v) is 4.41. The van der Waals surface area contributed by atoms with Gasteiger partial charge in [0, 0.05) is 19.3 Å². The highest BCUT2D eigenvalue weighted by molar-refractivity contribution is 7.98. The molecule has 0 fully saturated rings. The first-order chi connectivity index (χ1) is 7.67. The number of nitrogens with zero attached hydrogens (tertiary/aromatic N) is 1. The number of aliphatic hydroxyl groups is 1. The topological polar surface area (TPSA) is 62.2 Å². The van der Waals surface area contributed by atoms with Gasteiger partial charge in [-0.3, -0.25) is 4.79 Å². The second-order valence-electron chi connectivity index (χ2n) is 3.59. The Hall–Kier alpha value is -1.07. The number of nitrogens with one attached hydrogen (secondary N) is 1. The van der Waals surface area contributed by atoms with Gasteiger partial charge in [-0.25, -0.2) is 4.98 Å². The third kappa shape index (κ3) is 3.83. The molecule has 0 spiro atoms. The highest BCUT2D eigenvalue weighted by Crippen LogP contribution is 2.10. The molecule has 0 saturated heterocycles. The smallest absolute Gasteiger partial charge is 0.252 e. The van der Waals surface area contributed by atoms with Crippen LogP contribution < -0.4 is 5.32 Å². The average molecular weight is 240 g/mol. The van der Waals surface area contributed by atoms with Crippen molar-refractivity contribution >= 4 is 17.7 Å². The van der Waals surface area contributed by atoms with E-state index in [1.165, 1.54) is 11.8 Å². The molecule has 0 aliphatic rings. The minimum atomic E-state index is -0.152. The largest absolute Gasteiger partial charge is 0.396 e. The number of carbonyl (C=O) groups is 1. The van der Waals surface area contributed by atoms with Gasteiger partial charge in [0.15, 0.2) is 0 Å². The van der Waals surface area contributed by atoms with Crippen LogP contribution in [0.15, 0.2) is 23.4 Å². The van der Waals surface area contributed by atoms with Crippen LogP contribution in [0.5, 0.6) is 0 Å². The van der Waals surface area contributed by atoms with Gasteiger partial charge >= 0.3 is 0 Å². The molecule has 1 atom stereocenters. The maximum atomic E-state index is 11.6. The number of hydrogen-bond acceptors (Lipinski definition) is 4. The predicted octanol–water partition coefficient (Wildman–Crippen LogP) is 1.16. The molecule has 1 aromatic rings. The molecule has 1 rings (SSSR count). The van der Waals surface area contributed by atoms with E-state index in [0.29, 0.717) is 12.1 Å². The molecule has 0 aliphatic carbocycles. The molecule has 88 valence electrons.